The fourth-order valence-electron chi connectivity index (χ4n) is 1.44. The summed E-state index contributed by atoms with van der Waals surface area (Å²) in [6.07, 6.45) is 4.33. The molecule has 3 nitrogen and oxygen atoms in total. The van der Waals surface area contributed by atoms with Crippen LogP contribution >= 0.6 is 23.2 Å². The lowest BCUT2D eigenvalue weighted by Crippen LogP contribution is -1.88. The van der Waals surface area contributed by atoms with E-state index in [0.717, 1.165) is 31.2 Å². The van der Waals surface area contributed by atoms with E-state index < -0.39 is 0 Å². The molecule has 0 aliphatic rings. The smallest absolute Gasteiger partial charge is 0.221 e. The first-order chi connectivity index (χ1) is 9.43. The molecule has 0 saturated carbocycles. The molecule has 0 heterocycles. The van der Waals surface area contributed by atoms with E-state index in [1.165, 1.54) is 0 Å². The Morgan fingerprint density at radius 2 is 1.40 bits per heavy atom. The molecule has 0 fully saturated rings. The Kier molecular flexibility index (Phi) is 11.1. The van der Waals surface area contributed by atoms with Gasteiger partial charge in [0.15, 0.2) is 0 Å². The van der Waals surface area contributed by atoms with Crippen molar-refractivity contribution in [2.45, 2.75) is 45.4 Å². The van der Waals surface area contributed by atoms with Gasteiger partial charge < -0.3 is 5.11 Å². The highest BCUT2D eigenvalue weighted by Crippen LogP contribution is 2.12. The van der Waals surface area contributed by atoms with Crippen LogP contribution in [0.5, 0.6) is 5.75 Å². The number of para-hydroxylation sites is 1. The Balaban J connectivity index is 0.000000388. The zero-order chi connectivity index (χ0) is 15.4. The van der Waals surface area contributed by atoms with E-state index in [2.05, 4.69) is 0 Å². The maximum atomic E-state index is 10.3. The molecule has 5 heteroatoms. The highest BCUT2D eigenvalue weighted by Gasteiger charge is 1.98. The Morgan fingerprint density at radius 3 is 1.70 bits per heavy atom. The largest absolute Gasteiger partial charge is 0.508 e. The van der Waals surface area contributed by atoms with Crippen molar-refractivity contribution in [2.75, 3.05) is 0 Å². The molecular formula is C15H20Cl2O3. The van der Waals surface area contributed by atoms with Crippen LogP contribution in [0.4, 0.5) is 0 Å². The van der Waals surface area contributed by atoms with Crippen molar-refractivity contribution < 1.29 is 14.7 Å². The van der Waals surface area contributed by atoms with Crippen LogP contribution in [0.25, 0.3) is 0 Å². The molecule has 0 radical (unpaired) electrons. The molecule has 0 bridgehead atoms. The Hall–Kier alpha value is -1.06. The molecule has 0 amide bonds. The number of halogens is 2. The van der Waals surface area contributed by atoms with E-state index in [-0.39, 0.29) is 10.5 Å². The summed E-state index contributed by atoms with van der Waals surface area (Å²) in [6.45, 7) is 1.87. The fraction of sp³-hybridized carbons (Fsp3) is 0.467. The minimum atomic E-state index is -0.289. The molecular weight excluding hydrogens is 299 g/mol. The van der Waals surface area contributed by atoms with Crippen LogP contribution < -0.4 is 0 Å². The molecule has 0 unspecified atom stereocenters. The zero-order valence-corrected chi connectivity index (χ0v) is 13.1. The van der Waals surface area contributed by atoms with Crippen LogP contribution in [0.15, 0.2) is 24.3 Å². The lowest BCUT2D eigenvalue weighted by Gasteiger charge is -1.96. The second-order valence-corrected chi connectivity index (χ2v) is 5.25. The van der Waals surface area contributed by atoms with Crippen molar-refractivity contribution >= 4 is 33.7 Å². The van der Waals surface area contributed by atoms with Crippen LogP contribution in [0.3, 0.4) is 0 Å². The third kappa shape index (κ3) is 12.0. The topological polar surface area (TPSA) is 54.4 Å². The second kappa shape index (κ2) is 11.7. The number of rotatable bonds is 7. The van der Waals surface area contributed by atoms with E-state index in [9.17, 15) is 9.59 Å². The van der Waals surface area contributed by atoms with Gasteiger partial charge in [-0.3, -0.25) is 9.59 Å². The number of aryl methyl sites for hydroxylation is 1. The first kappa shape index (κ1) is 18.9. The molecule has 0 spiro atoms. The molecule has 1 aromatic carbocycles. The number of hydrogen-bond acceptors (Lipinski definition) is 3. The lowest BCUT2D eigenvalue weighted by atomic mass is 10.1. The zero-order valence-electron chi connectivity index (χ0n) is 11.6. The van der Waals surface area contributed by atoms with Gasteiger partial charge in [-0.1, -0.05) is 31.0 Å². The van der Waals surface area contributed by atoms with E-state index >= 15 is 0 Å². The molecule has 1 aromatic rings. The average Bonchev–Trinajstić information content (AvgIpc) is 2.37. The van der Waals surface area contributed by atoms with Crippen LogP contribution in [-0.4, -0.2) is 15.6 Å². The molecule has 0 atom stereocenters. The van der Waals surface area contributed by atoms with Crippen molar-refractivity contribution in [3.63, 3.8) is 0 Å². The SMILES string of the molecule is Cc1ccccc1O.O=C(Cl)CCCCCCC(=O)Cl. The van der Waals surface area contributed by atoms with E-state index in [1.807, 2.05) is 25.1 Å². The lowest BCUT2D eigenvalue weighted by molar-refractivity contribution is -0.112. The van der Waals surface area contributed by atoms with E-state index in [0.29, 0.717) is 18.6 Å². The van der Waals surface area contributed by atoms with Gasteiger partial charge in [0.2, 0.25) is 10.5 Å². The molecule has 0 aromatic heterocycles. The summed E-state index contributed by atoms with van der Waals surface area (Å²) < 4.78 is 0. The summed E-state index contributed by atoms with van der Waals surface area (Å²) in [7, 11) is 0. The highest BCUT2D eigenvalue weighted by atomic mass is 35.5. The normalized spacial score (nSPS) is 9.55. The summed E-state index contributed by atoms with van der Waals surface area (Å²) in [5.74, 6) is 0.368. The van der Waals surface area contributed by atoms with Crippen LogP contribution in [0.2, 0.25) is 0 Å². The van der Waals surface area contributed by atoms with E-state index in [1.54, 1.807) is 6.07 Å². The second-order valence-electron chi connectivity index (χ2n) is 4.41. The number of phenols is 1. The van der Waals surface area contributed by atoms with Crippen LogP contribution in [0.1, 0.15) is 44.1 Å². The van der Waals surface area contributed by atoms with Crippen molar-refractivity contribution in [1.29, 1.82) is 0 Å². The van der Waals surface area contributed by atoms with Gasteiger partial charge in [0.1, 0.15) is 5.75 Å². The molecule has 112 valence electrons. The van der Waals surface area contributed by atoms with Gasteiger partial charge in [-0.2, -0.15) is 0 Å². The van der Waals surface area contributed by atoms with Crippen LogP contribution in [-0.2, 0) is 9.59 Å². The summed E-state index contributed by atoms with van der Waals surface area (Å²) >= 11 is 10.3. The maximum absolute atomic E-state index is 10.3. The summed E-state index contributed by atoms with van der Waals surface area (Å²) in [6, 6.07) is 7.25. The minimum Gasteiger partial charge on any atom is -0.508 e. The summed E-state index contributed by atoms with van der Waals surface area (Å²) in [4.78, 5) is 20.5. The Bertz CT molecular complexity index is 380. The number of hydrogen-bond donors (Lipinski definition) is 1. The molecule has 1 N–H and O–H groups in total. The van der Waals surface area contributed by atoms with Gasteiger partial charge in [-0.15, -0.1) is 0 Å². The van der Waals surface area contributed by atoms with E-state index in [4.69, 9.17) is 28.3 Å². The highest BCUT2D eigenvalue weighted by molar-refractivity contribution is 6.63. The average molecular weight is 319 g/mol. The first-order valence-electron chi connectivity index (χ1n) is 6.54. The Morgan fingerprint density at radius 1 is 0.950 bits per heavy atom. The van der Waals surface area contributed by atoms with Gasteiger partial charge in [0.25, 0.3) is 0 Å². The standard InChI is InChI=1S/C8H12Cl2O2.C7H8O/c9-7(11)5-3-1-2-4-6-8(10)12;1-6-4-2-3-5-7(6)8/h1-6H2;2-5,8H,1H3. The Labute approximate surface area is 129 Å². The molecule has 0 aliphatic carbocycles. The molecule has 0 aliphatic heterocycles. The number of unbranched alkanes of at least 4 members (excludes halogenated alkanes) is 3. The fourth-order valence-corrected chi connectivity index (χ4v) is 1.71. The van der Waals surface area contributed by atoms with Gasteiger partial charge in [0, 0.05) is 12.8 Å². The number of aromatic hydroxyl groups is 1. The predicted octanol–water partition coefficient (Wildman–Crippen LogP) is 4.56. The third-order valence-corrected chi connectivity index (χ3v) is 2.99. The maximum Gasteiger partial charge on any atom is 0.221 e. The quantitative estimate of drug-likeness (QED) is 0.592. The number of phenolic OH excluding ortho intramolecular Hbond substituents is 1. The van der Waals surface area contributed by atoms with Crippen molar-refractivity contribution in [3.8, 4) is 5.75 Å². The predicted molar refractivity (Wildman–Crippen MR) is 82.3 cm³/mol. The van der Waals surface area contributed by atoms with Crippen molar-refractivity contribution in [2.24, 2.45) is 0 Å². The molecule has 20 heavy (non-hydrogen) atoms. The summed E-state index contributed by atoms with van der Waals surface area (Å²) in [5.41, 5.74) is 0.924. The summed E-state index contributed by atoms with van der Waals surface area (Å²) in [5, 5.41) is 8.34. The van der Waals surface area contributed by atoms with Crippen molar-refractivity contribution in [3.05, 3.63) is 29.8 Å². The van der Waals surface area contributed by atoms with Gasteiger partial charge in [0.05, 0.1) is 0 Å². The van der Waals surface area contributed by atoms with Crippen LogP contribution in [0, 0.1) is 6.92 Å². The van der Waals surface area contributed by atoms with Gasteiger partial charge >= 0.3 is 0 Å². The first-order valence-corrected chi connectivity index (χ1v) is 7.30. The molecule has 0 saturated heterocycles. The number of benzene rings is 1. The number of carbonyl (C=O) groups excluding carboxylic acids is 2. The minimum absolute atomic E-state index is 0.289. The third-order valence-electron chi connectivity index (χ3n) is 2.61. The number of carbonyl (C=O) groups is 2. The monoisotopic (exact) mass is 318 g/mol. The molecule has 1 rings (SSSR count). The van der Waals surface area contributed by atoms with Gasteiger partial charge in [-0.25, -0.2) is 0 Å². The van der Waals surface area contributed by atoms with Gasteiger partial charge in [-0.05, 0) is 54.6 Å². The van der Waals surface area contributed by atoms with Crippen molar-refractivity contribution in [1.82, 2.24) is 0 Å².